The Morgan fingerprint density at radius 2 is 1.95 bits per heavy atom. The summed E-state index contributed by atoms with van der Waals surface area (Å²) >= 11 is 0. The molecule has 0 atom stereocenters. The molecule has 0 aliphatic carbocycles. The van der Waals surface area contributed by atoms with E-state index in [9.17, 15) is 4.79 Å². The van der Waals surface area contributed by atoms with Crippen molar-refractivity contribution in [3.05, 3.63) is 48.0 Å². The molecule has 0 saturated heterocycles. The van der Waals surface area contributed by atoms with Gasteiger partial charge in [-0.2, -0.15) is 0 Å². The van der Waals surface area contributed by atoms with Crippen molar-refractivity contribution in [1.82, 2.24) is 20.3 Å². The van der Waals surface area contributed by atoms with Crippen LogP contribution in [0.15, 0.2) is 36.8 Å². The van der Waals surface area contributed by atoms with Crippen molar-refractivity contribution in [2.75, 3.05) is 11.9 Å². The van der Waals surface area contributed by atoms with Crippen LogP contribution in [-0.2, 0) is 6.54 Å². The molecular formula is C16H21N5O. The molecule has 0 aromatic carbocycles. The van der Waals surface area contributed by atoms with Crippen LogP contribution in [0.5, 0.6) is 0 Å². The highest BCUT2D eigenvalue weighted by Crippen LogP contribution is 2.04. The number of hydrogen-bond donors (Lipinski definition) is 2. The lowest BCUT2D eigenvalue weighted by Gasteiger charge is -2.08. The predicted octanol–water partition coefficient (Wildman–Crippen LogP) is 2.26. The summed E-state index contributed by atoms with van der Waals surface area (Å²) in [5.74, 6) is 0.826. The summed E-state index contributed by atoms with van der Waals surface area (Å²) in [4.78, 5) is 24.3. The van der Waals surface area contributed by atoms with Gasteiger partial charge in [0.25, 0.3) is 5.91 Å². The number of amides is 1. The first-order valence-electron chi connectivity index (χ1n) is 7.39. The van der Waals surface area contributed by atoms with Crippen LogP contribution in [0.25, 0.3) is 0 Å². The van der Waals surface area contributed by atoms with Gasteiger partial charge in [0.05, 0.1) is 0 Å². The second kappa shape index (κ2) is 8.07. The van der Waals surface area contributed by atoms with Crippen molar-refractivity contribution in [1.29, 1.82) is 0 Å². The van der Waals surface area contributed by atoms with Crippen molar-refractivity contribution < 1.29 is 4.79 Å². The van der Waals surface area contributed by atoms with Gasteiger partial charge < -0.3 is 10.6 Å². The number of carbonyl (C=O) groups excluding carboxylic acids is 1. The van der Waals surface area contributed by atoms with Crippen LogP contribution in [-0.4, -0.2) is 27.4 Å². The first-order chi connectivity index (χ1) is 10.6. The van der Waals surface area contributed by atoms with Crippen LogP contribution < -0.4 is 10.6 Å². The Balaban J connectivity index is 1.90. The van der Waals surface area contributed by atoms with Crippen LogP contribution in [0.4, 0.5) is 5.95 Å². The average Bonchev–Trinajstić information content (AvgIpc) is 2.54. The molecule has 0 fully saturated rings. The monoisotopic (exact) mass is 299 g/mol. The number of hydrogen-bond acceptors (Lipinski definition) is 5. The maximum Gasteiger partial charge on any atom is 0.270 e. The average molecular weight is 299 g/mol. The molecule has 2 aromatic rings. The summed E-state index contributed by atoms with van der Waals surface area (Å²) in [5, 5.41) is 5.97. The number of rotatable bonds is 7. The lowest BCUT2D eigenvalue weighted by Crippen LogP contribution is -2.26. The van der Waals surface area contributed by atoms with Gasteiger partial charge in [-0.05, 0) is 36.1 Å². The van der Waals surface area contributed by atoms with Gasteiger partial charge in [-0.1, -0.05) is 13.8 Å². The normalized spacial score (nSPS) is 10.5. The van der Waals surface area contributed by atoms with Crippen molar-refractivity contribution in [2.24, 2.45) is 5.92 Å². The van der Waals surface area contributed by atoms with E-state index in [0.29, 0.717) is 30.6 Å². The molecule has 6 heteroatoms. The molecule has 2 aromatic heterocycles. The molecule has 0 bridgehead atoms. The van der Waals surface area contributed by atoms with Gasteiger partial charge in [-0.3, -0.25) is 9.78 Å². The lowest BCUT2D eigenvalue weighted by atomic mass is 10.1. The minimum absolute atomic E-state index is 0.171. The summed E-state index contributed by atoms with van der Waals surface area (Å²) < 4.78 is 0. The molecule has 6 nitrogen and oxygen atoms in total. The highest BCUT2D eigenvalue weighted by Gasteiger charge is 2.08. The fourth-order valence-corrected chi connectivity index (χ4v) is 1.82. The largest absolute Gasteiger partial charge is 0.351 e. The maximum atomic E-state index is 12.0. The molecule has 0 saturated carbocycles. The fourth-order valence-electron chi connectivity index (χ4n) is 1.82. The third-order valence-electron chi connectivity index (χ3n) is 3.10. The van der Waals surface area contributed by atoms with Crippen molar-refractivity contribution in [2.45, 2.75) is 26.8 Å². The van der Waals surface area contributed by atoms with E-state index in [-0.39, 0.29) is 5.91 Å². The molecule has 22 heavy (non-hydrogen) atoms. The molecule has 2 N–H and O–H groups in total. The Hall–Kier alpha value is -2.50. The number of pyridine rings is 1. The van der Waals surface area contributed by atoms with E-state index in [1.165, 1.54) is 0 Å². The lowest BCUT2D eigenvalue weighted by molar-refractivity contribution is 0.0947. The number of anilines is 1. The SMILES string of the molecule is CC(C)CCNC(=O)c1ccnc(NCc2ccncc2)n1. The van der Waals surface area contributed by atoms with Gasteiger partial charge >= 0.3 is 0 Å². The highest BCUT2D eigenvalue weighted by molar-refractivity contribution is 5.92. The van der Waals surface area contributed by atoms with E-state index in [2.05, 4.69) is 39.4 Å². The van der Waals surface area contributed by atoms with Gasteiger partial charge in [0.2, 0.25) is 5.95 Å². The number of nitrogens with one attached hydrogen (secondary N) is 2. The van der Waals surface area contributed by atoms with Crippen molar-refractivity contribution in [3.63, 3.8) is 0 Å². The Bertz CT molecular complexity index is 600. The predicted molar refractivity (Wildman–Crippen MR) is 85.4 cm³/mol. The van der Waals surface area contributed by atoms with Gasteiger partial charge in [-0.15, -0.1) is 0 Å². The zero-order chi connectivity index (χ0) is 15.8. The minimum Gasteiger partial charge on any atom is -0.351 e. The molecule has 1 amide bonds. The minimum atomic E-state index is -0.171. The van der Waals surface area contributed by atoms with E-state index in [0.717, 1.165) is 12.0 Å². The first kappa shape index (κ1) is 15.9. The highest BCUT2D eigenvalue weighted by atomic mass is 16.1. The van der Waals surface area contributed by atoms with Gasteiger partial charge in [0, 0.05) is 31.7 Å². The Morgan fingerprint density at radius 3 is 2.68 bits per heavy atom. The first-order valence-corrected chi connectivity index (χ1v) is 7.39. The Kier molecular flexibility index (Phi) is 5.82. The number of nitrogens with zero attached hydrogens (tertiary/aromatic N) is 3. The van der Waals surface area contributed by atoms with Crippen molar-refractivity contribution in [3.8, 4) is 0 Å². The molecule has 2 rings (SSSR count). The zero-order valence-corrected chi connectivity index (χ0v) is 12.9. The number of aromatic nitrogens is 3. The van der Waals surface area contributed by atoms with E-state index >= 15 is 0 Å². The van der Waals surface area contributed by atoms with E-state index < -0.39 is 0 Å². The topological polar surface area (TPSA) is 79.8 Å². The summed E-state index contributed by atoms with van der Waals surface area (Å²) in [6, 6.07) is 5.44. The van der Waals surface area contributed by atoms with E-state index in [1.54, 1.807) is 24.7 Å². The summed E-state index contributed by atoms with van der Waals surface area (Å²) in [7, 11) is 0. The fraction of sp³-hybridized carbons (Fsp3) is 0.375. The van der Waals surface area contributed by atoms with Crippen LogP contribution >= 0.6 is 0 Å². The van der Waals surface area contributed by atoms with Gasteiger partial charge in [-0.25, -0.2) is 9.97 Å². The van der Waals surface area contributed by atoms with E-state index in [1.807, 2.05) is 12.1 Å². The van der Waals surface area contributed by atoms with E-state index in [4.69, 9.17) is 0 Å². The van der Waals surface area contributed by atoms with Crippen LogP contribution in [0.3, 0.4) is 0 Å². The van der Waals surface area contributed by atoms with Crippen LogP contribution in [0, 0.1) is 5.92 Å². The number of carbonyl (C=O) groups is 1. The quantitative estimate of drug-likeness (QED) is 0.819. The molecule has 116 valence electrons. The Morgan fingerprint density at radius 1 is 1.18 bits per heavy atom. The Labute approximate surface area is 130 Å². The molecular weight excluding hydrogens is 278 g/mol. The second-order valence-corrected chi connectivity index (χ2v) is 5.41. The molecule has 0 unspecified atom stereocenters. The standard InChI is InChI=1S/C16H21N5O/c1-12(2)3-9-18-15(22)14-6-10-19-16(21-14)20-11-13-4-7-17-8-5-13/h4-8,10,12H,3,9,11H2,1-2H3,(H,18,22)(H,19,20,21). The third kappa shape index (κ3) is 5.12. The van der Waals surface area contributed by atoms with Gasteiger partial charge in [0.15, 0.2) is 0 Å². The van der Waals surface area contributed by atoms with Crippen molar-refractivity contribution >= 4 is 11.9 Å². The van der Waals surface area contributed by atoms with Gasteiger partial charge in [0.1, 0.15) is 5.69 Å². The smallest absolute Gasteiger partial charge is 0.270 e. The molecule has 0 aliphatic heterocycles. The molecule has 0 radical (unpaired) electrons. The summed E-state index contributed by atoms with van der Waals surface area (Å²) in [6.45, 7) is 5.48. The zero-order valence-electron chi connectivity index (χ0n) is 12.9. The molecule has 0 aliphatic rings. The summed E-state index contributed by atoms with van der Waals surface area (Å²) in [6.07, 6.45) is 6.00. The van der Waals surface area contributed by atoms with Crippen LogP contribution in [0.2, 0.25) is 0 Å². The second-order valence-electron chi connectivity index (χ2n) is 5.41. The third-order valence-corrected chi connectivity index (χ3v) is 3.10. The van der Waals surface area contributed by atoms with Crippen LogP contribution in [0.1, 0.15) is 36.3 Å². The molecule has 0 spiro atoms. The maximum absolute atomic E-state index is 12.0. The summed E-state index contributed by atoms with van der Waals surface area (Å²) in [5.41, 5.74) is 1.45. The molecule has 2 heterocycles.